The van der Waals surface area contributed by atoms with Crippen LogP contribution in [0.1, 0.15) is 55.2 Å². The summed E-state index contributed by atoms with van der Waals surface area (Å²) in [5.74, 6) is 1.86. The van der Waals surface area contributed by atoms with Crippen LogP contribution in [-0.4, -0.2) is 22.8 Å². The van der Waals surface area contributed by atoms with Crippen LogP contribution in [0.2, 0.25) is 0 Å². The van der Waals surface area contributed by atoms with Crippen LogP contribution >= 0.6 is 0 Å². The number of hydrogen-bond donors (Lipinski definition) is 1. The molecule has 0 unspecified atom stereocenters. The minimum atomic E-state index is 0.0677. The van der Waals surface area contributed by atoms with Crippen molar-refractivity contribution in [3.05, 3.63) is 41.6 Å². The Balaban J connectivity index is 1.71. The lowest BCUT2D eigenvalue weighted by Gasteiger charge is -2.25. The van der Waals surface area contributed by atoms with Crippen molar-refractivity contribution in [3.8, 4) is 5.75 Å². The van der Waals surface area contributed by atoms with Crippen LogP contribution in [0.15, 0.2) is 30.5 Å². The highest BCUT2D eigenvalue weighted by Crippen LogP contribution is 2.40. The van der Waals surface area contributed by atoms with Gasteiger partial charge in [0.15, 0.2) is 0 Å². The Kier molecular flexibility index (Phi) is 3.56. The first-order valence-corrected chi connectivity index (χ1v) is 8.27. The molecule has 4 rings (SSSR count). The second-order valence-corrected chi connectivity index (χ2v) is 6.41. The average molecular weight is 311 g/mol. The summed E-state index contributed by atoms with van der Waals surface area (Å²) in [7, 11) is 1.66. The van der Waals surface area contributed by atoms with Crippen molar-refractivity contribution < 1.29 is 9.53 Å². The van der Waals surface area contributed by atoms with E-state index in [1.54, 1.807) is 7.11 Å². The normalized spacial score (nSPS) is 21.1. The number of hydrogen-bond acceptors (Lipinski definition) is 3. The molecule has 2 aliphatic rings. The van der Waals surface area contributed by atoms with Crippen LogP contribution in [0, 0.1) is 0 Å². The Morgan fingerprint density at radius 2 is 1.96 bits per heavy atom. The zero-order valence-electron chi connectivity index (χ0n) is 13.3. The van der Waals surface area contributed by atoms with Gasteiger partial charge in [-0.2, -0.15) is 5.10 Å². The predicted molar refractivity (Wildman–Crippen MR) is 87.8 cm³/mol. The first-order valence-electron chi connectivity index (χ1n) is 8.27. The van der Waals surface area contributed by atoms with Crippen molar-refractivity contribution in [2.75, 3.05) is 12.4 Å². The highest BCUT2D eigenvalue weighted by Gasteiger charge is 2.32. The van der Waals surface area contributed by atoms with Crippen LogP contribution in [0.4, 0.5) is 5.82 Å². The van der Waals surface area contributed by atoms with Gasteiger partial charge in [0, 0.05) is 17.9 Å². The average Bonchev–Trinajstić information content (AvgIpc) is 3.23. The molecule has 0 bridgehead atoms. The summed E-state index contributed by atoms with van der Waals surface area (Å²) in [6, 6.07) is 8.40. The van der Waals surface area contributed by atoms with Gasteiger partial charge >= 0.3 is 0 Å². The molecule has 0 saturated heterocycles. The second kappa shape index (κ2) is 5.72. The number of benzene rings is 1. The number of nitrogens with zero attached hydrogens (tertiary/aromatic N) is 2. The zero-order valence-corrected chi connectivity index (χ0v) is 13.3. The fourth-order valence-corrected chi connectivity index (χ4v) is 3.80. The van der Waals surface area contributed by atoms with Gasteiger partial charge in [-0.15, -0.1) is 0 Å². The molecule has 1 saturated carbocycles. The number of ether oxygens (including phenoxy) is 1. The molecule has 0 radical (unpaired) electrons. The summed E-state index contributed by atoms with van der Waals surface area (Å²) in [5.41, 5.74) is 2.26. The lowest BCUT2D eigenvalue weighted by atomic mass is 9.87. The van der Waals surface area contributed by atoms with Gasteiger partial charge in [0.25, 0.3) is 0 Å². The van der Waals surface area contributed by atoms with Crippen LogP contribution in [0.25, 0.3) is 0 Å². The van der Waals surface area contributed by atoms with Gasteiger partial charge in [-0.3, -0.25) is 4.79 Å². The van der Waals surface area contributed by atoms with Crippen molar-refractivity contribution in [1.29, 1.82) is 0 Å². The lowest BCUT2D eigenvalue weighted by Crippen LogP contribution is -2.25. The van der Waals surface area contributed by atoms with E-state index in [1.165, 1.54) is 12.8 Å². The Morgan fingerprint density at radius 3 is 2.65 bits per heavy atom. The number of carbonyl (C=O) groups is 1. The molecule has 2 heterocycles. The SMILES string of the molecule is COc1ccc([C@@H]2CC(=O)Nc3c2cnn3C2CCCC2)cc1. The fraction of sp³-hybridized carbons (Fsp3) is 0.444. The van der Waals surface area contributed by atoms with Crippen molar-refractivity contribution in [2.24, 2.45) is 0 Å². The molecule has 1 aliphatic carbocycles. The predicted octanol–water partition coefficient (Wildman–Crippen LogP) is 3.48. The summed E-state index contributed by atoms with van der Waals surface area (Å²) < 4.78 is 7.26. The molecule has 2 aromatic rings. The maximum atomic E-state index is 12.2. The Bertz CT molecular complexity index is 714. The quantitative estimate of drug-likeness (QED) is 0.944. The first-order chi connectivity index (χ1) is 11.3. The van der Waals surface area contributed by atoms with E-state index in [-0.39, 0.29) is 11.8 Å². The van der Waals surface area contributed by atoms with Gasteiger partial charge in [0.05, 0.1) is 19.3 Å². The molecular weight excluding hydrogens is 290 g/mol. The maximum Gasteiger partial charge on any atom is 0.226 e. The van der Waals surface area contributed by atoms with Crippen molar-refractivity contribution in [3.63, 3.8) is 0 Å². The Labute approximate surface area is 135 Å². The standard InChI is InChI=1S/C18H21N3O2/c1-23-14-8-6-12(7-9-14)15-10-17(22)20-18-16(15)11-19-21(18)13-4-2-3-5-13/h6-9,11,13,15H,2-5,10H2,1H3,(H,20,22)/t15-/m0/s1. The van der Waals surface area contributed by atoms with Crippen LogP contribution in [-0.2, 0) is 4.79 Å². The van der Waals surface area contributed by atoms with Gasteiger partial charge in [0.1, 0.15) is 11.6 Å². The topological polar surface area (TPSA) is 56.1 Å². The van der Waals surface area contributed by atoms with E-state index in [9.17, 15) is 4.79 Å². The van der Waals surface area contributed by atoms with E-state index >= 15 is 0 Å². The fourth-order valence-electron chi connectivity index (χ4n) is 3.80. The zero-order chi connectivity index (χ0) is 15.8. The van der Waals surface area contributed by atoms with Crippen molar-refractivity contribution >= 4 is 11.7 Å². The molecule has 1 aliphatic heterocycles. The second-order valence-electron chi connectivity index (χ2n) is 6.41. The Morgan fingerprint density at radius 1 is 1.22 bits per heavy atom. The lowest BCUT2D eigenvalue weighted by molar-refractivity contribution is -0.116. The van der Waals surface area contributed by atoms with Crippen molar-refractivity contribution in [2.45, 2.75) is 44.1 Å². The molecule has 5 heteroatoms. The third-order valence-electron chi connectivity index (χ3n) is 5.04. The third kappa shape index (κ3) is 2.50. The minimum absolute atomic E-state index is 0.0677. The number of nitrogens with one attached hydrogen (secondary N) is 1. The smallest absolute Gasteiger partial charge is 0.226 e. The highest BCUT2D eigenvalue weighted by molar-refractivity contribution is 5.94. The number of anilines is 1. The van der Waals surface area contributed by atoms with Gasteiger partial charge < -0.3 is 10.1 Å². The monoisotopic (exact) mass is 311 g/mol. The summed E-state index contributed by atoms with van der Waals surface area (Å²) in [4.78, 5) is 12.2. The molecule has 23 heavy (non-hydrogen) atoms. The van der Waals surface area contributed by atoms with E-state index in [1.807, 2.05) is 35.1 Å². The van der Waals surface area contributed by atoms with Crippen LogP contribution in [0.3, 0.4) is 0 Å². The summed E-state index contributed by atoms with van der Waals surface area (Å²) >= 11 is 0. The van der Waals surface area contributed by atoms with E-state index in [4.69, 9.17) is 4.74 Å². The van der Waals surface area contributed by atoms with Gasteiger partial charge in [0.2, 0.25) is 5.91 Å². The van der Waals surface area contributed by atoms with Crippen molar-refractivity contribution in [1.82, 2.24) is 9.78 Å². The molecule has 1 aromatic carbocycles. The van der Waals surface area contributed by atoms with E-state index in [0.717, 1.165) is 35.5 Å². The molecule has 1 fully saturated rings. The summed E-state index contributed by atoms with van der Waals surface area (Å²) in [6.45, 7) is 0. The summed E-state index contributed by atoms with van der Waals surface area (Å²) in [5, 5.41) is 7.65. The summed E-state index contributed by atoms with van der Waals surface area (Å²) in [6.07, 6.45) is 7.19. The number of rotatable bonds is 3. The van der Waals surface area contributed by atoms with E-state index in [2.05, 4.69) is 10.4 Å². The largest absolute Gasteiger partial charge is 0.497 e. The van der Waals surface area contributed by atoms with Crippen LogP contribution in [0.5, 0.6) is 5.75 Å². The number of fused-ring (bicyclic) bond motifs is 1. The molecule has 1 aromatic heterocycles. The van der Waals surface area contributed by atoms with Gasteiger partial charge in [-0.05, 0) is 30.5 Å². The number of carbonyl (C=O) groups excluding carboxylic acids is 1. The molecule has 5 nitrogen and oxygen atoms in total. The van der Waals surface area contributed by atoms with Gasteiger partial charge in [-0.25, -0.2) is 4.68 Å². The molecule has 1 N–H and O–H groups in total. The molecule has 1 atom stereocenters. The maximum absolute atomic E-state index is 12.2. The number of amides is 1. The molecule has 1 amide bonds. The third-order valence-corrected chi connectivity index (χ3v) is 5.04. The number of methoxy groups -OCH3 is 1. The highest BCUT2D eigenvalue weighted by atomic mass is 16.5. The Hall–Kier alpha value is -2.30. The minimum Gasteiger partial charge on any atom is -0.497 e. The molecule has 0 spiro atoms. The molecule has 120 valence electrons. The van der Waals surface area contributed by atoms with E-state index < -0.39 is 0 Å². The van der Waals surface area contributed by atoms with Gasteiger partial charge in [-0.1, -0.05) is 25.0 Å². The number of aromatic nitrogens is 2. The van der Waals surface area contributed by atoms with Crippen LogP contribution < -0.4 is 10.1 Å². The first kappa shape index (κ1) is 14.3. The van der Waals surface area contributed by atoms with E-state index in [0.29, 0.717) is 12.5 Å². The molecular formula is C18H21N3O2.